The highest BCUT2D eigenvalue weighted by Gasteiger charge is 2.31. The van der Waals surface area contributed by atoms with E-state index in [-0.39, 0.29) is 11.8 Å². The van der Waals surface area contributed by atoms with Crippen molar-refractivity contribution < 1.29 is 4.79 Å². The molecule has 0 saturated carbocycles. The van der Waals surface area contributed by atoms with Gasteiger partial charge in [0.15, 0.2) is 0 Å². The molecule has 1 aromatic heterocycles. The number of hydrogen-bond donors (Lipinski definition) is 2. The van der Waals surface area contributed by atoms with Crippen molar-refractivity contribution in [2.45, 2.75) is 44.7 Å². The van der Waals surface area contributed by atoms with Gasteiger partial charge in [0.1, 0.15) is 0 Å². The summed E-state index contributed by atoms with van der Waals surface area (Å²) in [5.41, 5.74) is 6.84. The van der Waals surface area contributed by atoms with Gasteiger partial charge in [-0.15, -0.1) is 0 Å². The first kappa shape index (κ1) is 19.3. The molecule has 3 N–H and O–H groups in total. The number of amides is 1. The number of hydrogen-bond acceptors (Lipinski definition) is 5. The minimum atomic E-state index is 0.149. The smallest absolute Gasteiger partial charge is 0.224 e. The molecule has 1 aromatic rings. The molecule has 1 atom stereocenters. The zero-order valence-electron chi connectivity index (χ0n) is 15.8. The van der Waals surface area contributed by atoms with Crippen molar-refractivity contribution in [3.8, 4) is 0 Å². The molecule has 0 bridgehead atoms. The quantitative estimate of drug-likeness (QED) is 0.716. The Morgan fingerprint density at radius 3 is 2.69 bits per heavy atom. The first-order valence-corrected chi connectivity index (χ1v) is 10.1. The predicted octanol–water partition coefficient (Wildman–Crippen LogP) is 1.22. The maximum Gasteiger partial charge on any atom is 0.224 e. The summed E-state index contributed by atoms with van der Waals surface area (Å²) in [6.07, 6.45) is 9.15. The van der Waals surface area contributed by atoms with Gasteiger partial charge in [0, 0.05) is 38.1 Å². The standard InChI is InChI=1S/C20H33N5O/c21-8-2-9-23-20(26)18-3-1-12-25(16-18)19-6-13-24(14-7-19)15-17-4-10-22-11-5-17/h4-5,10-11,18-19H,1-3,6-9,12-16,21H2,(H,23,26)/t18-/m1/s1. The summed E-state index contributed by atoms with van der Waals surface area (Å²) in [6, 6.07) is 4.83. The molecule has 144 valence electrons. The Morgan fingerprint density at radius 2 is 1.96 bits per heavy atom. The molecular formula is C20H33N5O. The Kier molecular flexibility index (Phi) is 7.41. The van der Waals surface area contributed by atoms with Gasteiger partial charge in [0.25, 0.3) is 0 Å². The van der Waals surface area contributed by atoms with Crippen LogP contribution in [-0.2, 0) is 11.3 Å². The fraction of sp³-hybridized carbons (Fsp3) is 0.700. The molecule has 2 fully saturated rings. The van der Waals surface area contributed by atoms with Gasteiger partial charge in [0.05, 0.1) is 5.92 Å². The van der Waals surface area contributed by atoms with Crippen LogP contribution in [0.15, 0.2) is 24.5 Å². The third-order valence-electron chi connectivity index (χ3n) is 5.73. The summed E-state index contributed by atoms with van der Waals surface area (Å²) in [7, 11) is 0. The summed E-state index contributed by atoms with van der Waals surface area (Å²) < 4.78 is 0. The minimum Gasteiger partial charge on any atom is -0.356 e. The number of nitrogens with zero attached hydrogens (tertiary/aromatic N) is 3. The Bertz CT molecular complexity index is 544. The molecule has 0 aromatic carbocycles. The molecule has 2 aliphatic heterocycles. The van der Waals surface area contributed by atoms with Gasteiger partial charge >= 0.3 is 0 Å². The van der Waals surface area contributed by atoms with Crippen LogP contribution in [0.1, 0.15) is 37.7 Å². The zero-order chi connectivity index (χ0) is 18.2. The number of carbonyl (C=O) groups excluding carboxylic acids is 1. The number of pyridine rings is 1. The molecule has 6 heteroatoms. The van der Waals surface area contributed by atoms with E-state index in [1.54, 1.807) is 0 Å². The topological polar surface area (TPSA) is 74.5 Å². The van der Waals surface area contributed by atoms with Gasteiger partial charge in [-0.3, -0.25) is 19.6 Å². The SMILES string of the molecule is NCCCNC(=O)[C@@H]1CCCN(C2CCN(Cc3ccncc3)CC2)C1. The maximum atomic E-state index is 12.4. The van der Waals surface area contributed by atoms with E-state index in [1.165, 1.54) is 18.4 Å². The van der Waals surface area contributed by atoms with Gasteiger partial charge in [-0.2, -0.15) is 0 Å². The van der Waals surface area contributed by atoms with Crippen LogP contribution in [0.2, 0.25) is 0 Å². The largest absolute Gasteiger partial charge is 0.356 e. The summed E-state index contributed by atoms with van der Waals surface area (Å²) in [5, 5.41) is 3.05. The number of likely N-dealkylation sites (tertiary alicyclic amines) is 2. The number of nitrogens with one attached hydrogen (secondary N) is 1. The van der Waals surface area contributed by atoms with E-state index in [9.17, 15) is 4.79 Å². The van der Waals surface area contributed by atoms with Crippen LogP contribution in [0.3, 0.4) is 0 Å². The lowest BCUT2D eigenvalue weighted by molar-refractivity contribution is -0.127. The third-order valence-corrected chi connectivity index (χ3v) is 5.73. The van der Waals surface area contributed by atoms with Gasteiger partial charge in [-0.25, -0.2) is 0 Å². The highest BCUT2D eigenvalue weighted by atomic mass is 16.1. The molecule has 0 radical (unpaired) electrons. The van der Waals surface area contributed by atoms with Gasteiger partial charge in [-0.1, -0.05) is 0 Å². The van der Waals surface area contributed by atoms with Crippen LogP contribution >= 0.6 is 0 Å². The summed E-state index contributed by atoms with van der Waals surface area (Å²) in [5.74, 6) is 0.370. The Morgan fingerprint density at radius 1 is 1.19 bits per heavy atom. The lowest BCUT2D eigenvalue weighted by atomic mass is 9.93. The first-order chi connectivity index (χ1) is 12.8. The van der Waals surface area contributed by atoms with E-state index >= 15 is 0 Å². The van der Waals surface area contributed by atoms with Gasteiger partial charge in [-0.05, 0) is 76.0 Å². The summed E-state index contributed by atoms with van der Waals surface area (Å²) in [4.78, 5) is 21.6. The normalized spacial score (nSPS) is 23.0. The molecule has 3 rings (SSSR count). The van der Waals surface area contributed by atoms with Crippen molar-refractivity contribution >= 4 is 5.91 Å². The van der Waals surface area contributed by atoms with E-state index in [0.29, 0.717) is 19.1 Å². The lowest BCUT2D eigenvalue weighted by Gasteiger charge is -2.42. The molecular weight excluding hydrogens is 326 g/mol. The highest BCUT2D eigenvalue weighted by Crippen LogP contribution is 2.24. The first-order valence-electron chi connectivity index (χ1n) is 10.1. The van der Waals surface area contributed by atoms with E-state index < -0.39 is 0 Å². The van der Waals surface area contributed by atoms with Crippen LogP contribution in [0.5, 0.6) is 0 Å². The second-order valence-electron chi connectivity index (χ2n) is 7.63. The molecule has 2 saturated heterocycles. The molecule has 2 aliphatic rings. The monoisotopic (exact) mass is 359 g/mol. The highest BCUT2D eigenvalue weighted by molar-refractivity contribution is 5.78. The van der Waals surface area contributed by atoms with Crippen molar-refractivity contribution in [3.63, 3.8) is 0 Å². The Hall–Kier alpha value is -1.50. The van der Waals surface area contributed by atoms with Crippen molar-refractivity contribution in [2.75, 3.05) is 39.3 Å². The number of carbonyl (C=O) groups is 1. The van der Waals surface area contributed by atoms with E-state index in [0.717, 1.165) is 52.0 Å². The number of aromatic nitrogens is 1. The van der Waals surface area contributed by atoms with Crippen molar-refractivity contribution in [1.82, 2.24) is 20.1 Å². The van der Waals surface area contributed by atoms with Crippen molar-refractivity contribution in [1.29, 1.82) is 0 Å². The van der Waals surface area contributed by atoms with E-state index in [2.05, 4.69) is 32.2 Å². The average molecular weight is 360 g/mol. The maximum absolute atomic E-state index is 12.4. The number of rotatable bonds is 7. The van der Waals surface area contributed by atoms with Gasteiger partial charge in [0.2, 0.25) is 5.91 Å². The van der Waals surface area contributed by atoms with Crippen LogP contribution < -0.4 is 11.1 Å². The van der Waals surface area contributed by atoms with Crippen molar-refractivity contribution in [3.05, 3.63) is 30.1 Å². The van der Waals surface area contributed by atoms with Crippen LogP contribution in [0.4, 0.5) is 0 Å². The predicted molar refractivity (Wildman–Crippen MR) is 104 cm³/mol. The molecule has 1 amide bonds. The van der Waals surface area contributed by atoms with E-state index in [1.807, 2.05) is 12.4 Å². The number of nitrogens with two attached hydrogens (primary N) is 1. The summed E-state index contributed by atoms with van der Waals surface area (Å²) in [6.45, 7) is 6.69. The Labute approximate surface area is 157 Å². The van der Waals surface area contributed by atoms with E-state index in [4.69, 9.17) is 5.73 Å². The zero-order valence-corrected chi connectivity index (χ0v) is 15.8. The second kappa shape index (κ2) is 10.00. The molecule has 26 heavy (non-hydrogen) atoms. The average Bonchev–Trinajstić information content (AvgIpc) is 2.69. The second-order valence-corrected chi connectivity index (χ2v) is 7.63. The number of piperidine rings is 2. The molecule has 0 unspecified atom stereocenters. The lowest BCUT2D eigenvalue weighted by Crippen LogP contribution is -2.50. The van der Waals surface area contributed by atoms with Crippen LogP contribution in [0, 0.1) is 5.92 Å². The fourth-order valence-corrected chi connectivity index (χ4v) is 4.20. The van der Waals surface area contributed by atoms with Crippen LogP contribution in [-0.4, -0.2) is 66.0 Å². The third kappa shape index (κ3) is 5.50. The minimum absolute atomic E-state index is 0.149. The Balaban J connectivity index is 1.43. The van der Waals surface area contributed by atoms with Crippen LogP contribution in [0.25, 0.3) is 0 Å². The molecule has 3 heterocycles. The van der Waals surface area contributed by atoms with Crippen molar-refractivity contribution in [2.24, 2.45) is 11.7 Å². The molecule has 0 aliphatic carbocycles. The fourth-order valence-electron chi connectivity index (χ4n) is 4.20. The molecule has 0 spiro atoms. The summed E-state index contributed by atoms with van der Waals surface area (Å²) >= 11 is 0. The molecule has 6 nitrogen and oxygen atoms in total. The van der Waals surface area contributed by atoms with Gasteiger partial charge < -0.3 is 11.1 Å².